The first-order valence-electron chi connectivity index (χ1n) is 7.48. The van der Waals surface area contributed by atoms with Gasteiger partial charge in [0.15, 0.2) is 5.65 Å². The van der Waals surface area contributed by atoms with E-state index in [1.54, 1.807) is 22.9 Å². The first-order valence-corrected chi connectivity index (χ1v) is 7.48. The van der Waals surface area contributed by atoms with Gasteiger partial charge in [-0.15, -0.1) is 0 Å². The van der Waals surface area contributed by atoms with Gasteiger partial charge >= 0.3 is 0 Å². The van der Waals surface area contributed by atoms with Crippen LogP contribution in [0.5, 0.6) is 5.75 Å². The van der Waals surface area contributed by atoms with Gasteiger partial charge in [-0.05, 0) is 26.0 Å². The third-order valence-corrected chi connectivity index (χ3v) is 3.56. The van der Waals surface area contributed by atoms with Crippen molar-refractivity contribution in [3.63, 3.8) is 0 Å². The highest BCUT2D eigenvalue weighted by Crippen LogP contribution is 2.31. The summed E-state index contributed by atoms with van der Waals surface area (Å²) in [6.45, 7) is 5.13. The molecule has 120 valence electrons. The lowest BCUT2D eigenvalue weighted by Gasteiger charge is -2.11. The molecule has 2 heterocycles. The Bertz CT molecular complexity index is 830. The minimum absolute atomic E-state index is 0.00341. The lowest BCUT2D eigenvalue weighted by Crippen LogP contribution is -2.17. The van der Waals surface area contributed by atoms with Crippen LogP contribution in [0, 0.1) is 0 Å². The number of ether oxygens (including phenoxy) is 1. The summed E-state index contributed by atoms with van der Waals surface area (Å²) in [4.78, 5) is 8.38. The number of nitrogen functional groups attached to an aromatic ring is 1. The van der Waals surface area contributed by atoms with Crippen LogP contribution in [0.25, 0.3) is 22.3 Å². The number of phenols is 1. The van der Waals surface area contributed by atoms with Crippen LogP contribution in [0.4, 0.5) is 5.82 Å². The van der Waals surface area contributed by atoms with Crippen LogP contribution in [0.2, 0.25) is 0 Å². The SMILES string of the molecule is CCOC(C)Cn1nc(-c2cccc(O)c2)c2c(N)ncnc21. The van der Waals surface area contributed by atoms with Crippen LogP contribution in [0.1, 0.15) is 13.8 Å². The van der Waals surface area contributed by atoms with Gasteiger partial charge in [0.25, 0.3) is 0 Å². The van der Waals surface area contributed by atoms with Gasteiger partial charge < -0.3 is 15.6 Å². The predicted octanol–water partition coefficient (Wildman–Crippen LogP) is 2.21. The number of fused-ring (bicyclic) bond motifs is 1. The molecule has 23 heavy (non-hydrogen) atoms. The zero-order valence-electron chi connectivity index (χ0n) is 13.1. The third-order valence-electron chi connectivity index (χ3n) is 3.56. The zero-order chi connectivity index (χ0) is 16.4. The Morgan fingerprint density at radius 3 is 2.91 bits per heavy atom. The Morgan fingerprint density at radius 2 is 2.17 bits per heavy atom. The van der Waals surface area contributed by atoms with Crippen LogP contribution in [-0.2, 0) is 11.3 Å². The van der Waals surface area contributed by atoms with Gasteiger partial charge in [-0.2, -0.15) is 5.10 Å². The molecule has 0 aliphatic rings. The maximum atomic E-state index is 9.72. The van der Waals surface area contributed by atoms with E-state index in [9.17, 15) is 5.11 Å². The monoisotopic (exact) mass is 313 g/mol. The second-order valence-corrected chi connectivity index (χ2v) is 5.30. The summed E-state index contributed by atoms with van der Waals surface area (Å²) >= 11 is 0. The number of aromatic hydroxyl groups is 1. The van der Waals surface area contributed by atoms with E-state index in [4.69, 9.17) is 10.5 Å². The summed E-state index contributed by atoms with van der Waals surface area (Å²) in [6, 6.07) is 6.88. The number of hydrogen-bond acceptors (Lipinski definition) is 6. The number of hydrogen-bond donors (Lipinski definition) is 2. The number of nitrogens with two attached hydrogens (primary N) is 1. The number of benzene rings is 1. The van der Waals surface area contributed by atoms with Crippen molar-refractivity contribution in [2.24, 2.45) is 0 Å². The fraction of sp³-hybridized carbons (Fsp3) is 0.312. The van der Waals surface area contributed by atoms with Crippen molar-refractivity contribution in [1.82, 2.24) is 19.7 Å². The molecule has 3 N–H and O–H groups in total. The quantitative estimate of drug-likeness (QED) is 0.749. The minimum Gasteiger partial charge on any atom is -0.508 e. The van der Waals surface area contributed by atoms with Crippen LogP contribution in [0.15, 0.2) is 30.6 Å². The van der Waals surface area contributed by atoms with Crippen molar-refractivity contribution in [2.75, 3.05) is 12.3 Å². The van der Waals surface area contributed by atoms with Gasteiger partial charge in [-0.1, -0.05) is 12.1 Å². The molecule has 3 rings (SSSR count). The van der Waals surface area contributed by atoms with E-state index in [0.29, 0.717) is 35.7 Å². The average molecular weight is 313 g/mol. The van der Waals surface area contributed by atoms with E-state index < -0.39 is 0 Å². The lowest BCUT2D eigenvalue weighted by atomic mass is 10.1. The molecule has 1 atom stereocenters. The molecule has 0 amide bonds. The number of anilines is 1. The van der Waals surface area contributed by atoms with E-state index in [1.807, 2.05) is 19.9 Å². The van der Waals surface area contributed by atoms with Gasteiger partial charge in [-0.25, -0.2) is 14.6 Å². The summed E-state index contributed by atoms with van der Waals surface area (Å²) in [5.41, 5.74) is 8.11. The topological polar surface area (TPSA) is 99.1 Å². The summed E-state index contributed by atoms with van der Waals surface area (Å²) in [5.74, 6) is 0.534. The standard InChI is InChI=1S/C16H19N5O2/c1-3-23-10(2)8-21-16-13(15(17)18-9-19-16)14(20-21)11-5-4-6-12(22)7-11/h4-7,9-10,22H,3,8H2,1-2H3,(H2,17,18,19). The van der Waals surface area contributed by atoms with Gasteiger partial charge in [0.1, 0.15) is 23.6 Å². The fourth-order valence-electron chi connectivity index (χ4n) is 2.59. The number of rotatable bonds is 5. The highest BCUT2D eigenvalue weighted by Gasteiger charge is 2.18. The molecule has 7 nitrogen and oxygen atoms in total. The van der Waals surface area contributed by atoms with E-state index in [1.165, 1.54) is 6.33 Å². The number of nitrogens with zero attached hydrogens (tertiary/aromatic N) is 4. The Labute approximate surface area is 133 Å². The third kappa shape index (κ3) is 2.95. The first kappa shape index (κ1) is 15.2. The Morgan fingerprint density at radius 1 is 1.35 bits per heavy atom. The highest BCUT2D eigenvalue weighted by atomic mass is 16.5. The normalized spacial score (nSPS) is 12.6. The molecule has 3 aromatic rings. The Hall–Kier alpha value is -2.67. The molecular weight excluding hydrogens is 294 g/mol. The molecule has 1 unspecified atom stereocenters. The van der Waals surface area contributed by atoms with Crippen LogP contribution < -0.4 is 5.73 Å². The predicted molar refractivity (Wildman–Crippen MR) is 87.9 cm³/mol. The van der Waals surface area contributed by atoms with Gasteiger partial charge in [-0.3, -0.25) is 0 Å². The van der Waals surface area contributed by atoms with Crippen molar-refractivity contribution >= 4 is 16.9 Å². The molecule has 0 aliphatic heterocycles. The summed E-state index contributed by atoms with van der Waals surface area (Å²) in [5, 5.41) is 15.0. The first-order chi connectivity index (χ1) is 11.1. The molecule has 7 heteroatoms. The van der Waals surface area contributed by atoms with Crippen LogP contribution in [-0.4, -0.2) is 37.6 Å². The number of aromatic nitrogens is 4. The van der Waals surface area contributed by atoms with E-state index >= 15 is 0 Å². The van der Waals surface area contributed by atoms with Crippen molar-refractivity contribution in [3.05, 3.63) is 30.6 Å². The van der Waals surface area contributed by atoms with E-state index in [-0.39, 0.29) is 11.9 Å². The molecule has 0 fully saturated rings. The van der Waals surface area contributed by atoms with Crippen LogP contribution >= 0.6 is 0 Å². The lowest BCUT2D eigenvalue weighted by molar-refractivity contribution is 0.0623. The molecular formula is C16H19N5O2. The zero-order valence-corrected chi connectivity index (χ0v) is 13.1. The van der Waals surface area contributed by atoms with Crippen LogP contribution in [0.3, 0.4) is 0 Å². The fourth-order valence-corrected chi connectivity index (χ4v) is 2.59. The van der Waals surface area contributed by atoms with Gasteiger partial charge in [0.2, 0.25) is 0 Å². The molecule has 0 saturated carbocycles. The van der Waals surface area contributed by atoms with Gasteiger partial charge in [0.05, 0.1) is 18.0 Å². The maximum absolute atomic E-state index is 9.72. The second kappa shape index (κ2) is 6.21. The summed E-state index contributed by atoms with van der Waals surface area (Å²) in [6.07, 6.45) is 1.42. The summed E-state index contributed by atoms with van der Waals surface area (Å²) in [7, 11) is 0. The van der Waals surface area contributed by atoms with Crippen molar-refractivity contribution in [1.29, 1.82) is 0 Å². The van der Waals surface area contributed by atoms with Crippen molar-refractivity contribution in [2.45, 2.75) is 26.5 Å². The Kier molecular flexibility index (Phi) is 4.12. The second-order valence-electron chi connectivity index (χ2n) is 5.30. The molecule has 0 aliphatic carbocycles. The molecule has 2 aromatic heterocycles. The highest BCUT2D eigenvalue weighted by molar-refractivity contribution is 5.98. The molecule has 1 aromatic carbocycles. The van der Waals surface area contributed by atoms with E-state index in [0.717, 1.165) is 5.56 Å². The van der Waals surface area contributed by atoms with Crippen molar-refractivity contribution < 1.29 is 9.84 Å². The average Bonchev–Trinajstić information content (AvgIpc) is 2.88. The Balaban J connectivity index is 2.15. The smallest absolute Gasteiger partial charge is 0.164 e. The summed E-state index contributed by atoms with van der Waals surface area (Å²) < 4.78 is 7.35. The van der Waals surface area contributed by atoms with E-state index in [2.05, 4.69) is 15.1 Å². The maximum Gasteiger partial charge on any atom is 0.164 e. The van der Waals surface area contributed by atoms with Crippen molar-refractivity contribution in [3.8, 4) is 17.0 Å². The minimum atomic E-state index is -0.00341. The molecule has 0 saturated heterocycles. The molecule has 0 bridgehead atoms. The van der Waals surface area contributed by atoms with Gasteiger partial charge in [0, 0.05) is 12.2 Å². The largest absolute Gasteiger partial charge is 0.508 e. The molecule has 0 radical (unpaired) electrons. The number of phenolic OH excluding ortho intramolecular Hbond substituents is 1. The molecule has 0 spiro atoms.